The molecule has 1 aliphatic heterocycles. The van der Waals surface area contributed by atoms with Gasteiger partial charge < -0.3 is 20.1 Å². The summed E-state index contributed by atoms with van der Waals surface area (Å²) in [5.41, 5.74) is 4.02. The zero-order valence-electron chi connectivity index (χ0n) is 18.5. The average Bonchev–Trinajstić information content (AvgIpc) is 3.39. The summed E-state index contributed by atoms with van der Waals surface area (Å²) in [6.45, 7) is 6.04. The maximum Gasteiger partial charge on any atom is 0.191 e. The third-order valence-corrected chi connectivity index (χ3v) is 6.23. The van der Waals surface area contributed by atoms with Crippen LogP contribution >= 0.6 is 24.0 Å². The Morgan fingerprint density at radius 1 is 1.16 bits per heavy atom. The van der Waals surface area contributed by atoms with Gasteiger partial charge in [0.1, 0.15) is 5.75 Å². The fourth-order valence-electron chi connectivity index (χ4n) is 4.03. The average molecular weight is 535 g/mol. The SMILES string of the molecule is CN=C(NCc1ccc(C)cc1OCC1CCOC1)NCC1(c2ccccc2)CC1.I. The van der Waals surface area contributed by atoms with Crippen molar-refractivity contribution in [3.8, 4) is 5.75 Å². The molecule has 0 radical (unpaired) electrons. The Morgan fingerprint density at radius 2 is 1.97 bits per heavy atom. The number of aryl methyl sites for hydroxylation is 1. The van der Waals surface area contributed by atoms with E-state index >= 15 is 0 Å². The van der Waals surface area contributed by atoms with Crippen LogP contribution in [0, 0.1) is 12.8 Å². The van der Waals surface area contributed by atoms with Crippen molar-refractivity contribution in [1.82, 2.24) is 10.6 Å². The third-order valence-electron chi connectivity index (χ3n) is 6.23. The van der Waals surface area contributed by atoms with Crippen LogP contribution < -0.4 is 15.4 Å². The Bertz CT molecular complexity index is 862. The fourth-order valence-corrected chi connectivity index (χ4v) is 4.03. The second kappa shape index (κ2) is 11.2. The van der Waals surface area contributed by atoms with Crippen molar-refractivity contribution in [2.45, 2.75) is 38.1 Å². The molecule has 0 bridgehead atoms. The molecule has 5 nitrogen and oxygen atoms in total. The summed E-state index contributed by atoms with van der Waals surface area (Å²) < 4.78 is 11.6. The molecule has 1 heterocycles. The maximum atomic E-state index is 6.17. The van der Waals surface area contributed by atoms with Gasteiger partial charge in [-0.15, -0.1) is 24.0 Å². The second-order valence-corrected chi connectivity index (χ2v) is 8.58. The van der Waals surface area contributed by atoms with E-state index in [4.69, 9.17) is 9.47 Å². The Labute approximate surface area is 203 Å². The number of ether oxygens (including phenoxy) is 2. The van der Waals surface area contributed by atoms with Gasteiger partial charge >= 0.3 is 0 Å². The molecule has 2 aromatic rings. The van der Waals surface area contributed by atoms with Gasteiger partial charge in [-0.1, -0.05) is 42.5 Å². The Kier molecular flexibility index (Phi) is 8.60. The summed E-state index contributed by atoms with van der Waals surface area (Å²) in [4.78, 5) is 4.42. The third kappa shape index (κ3) is 6.35. The number of halogens is 1. The molecule has 31 heavy (non-hydrogen) atoms. The summed E-state index contributed by atoms with van der Waals surface area (Å²) in [7, 11) is 1.82. The van der Waals surface area contributed by atoms with E-state index < -0.39 is 0 Å². The second-order valence-electron chi connectivity index (χ2n) is 8.58. The number of aliphatic imine (C=N–C) groups is 1. The molecule has 1 aliphatic carbocycles. The first-order valence-corrected chi connectivity index (χ1v) is 11.0. The van der Waals surface area contributed by atoms with Crippen molar-refractivity contribution < 1.29 is 9.47 Å². The number of rotatable bonds is 8. The Hall–Kier alpha value is -1.80. The van der Waals surface area contributed by atoms with Gasteiger partial charge in [0.2, 0.25) is 0 Å². The first-order chi connectivity index (χ1) is 14.7. The van der Waals surface area contributed by atoms with Crippen LogP contribution in [0.4, 0.5) is 0 Å². The molecule has 0 spiro atoms. The van der Waals surface area contributed by atoms with Crippen molar-refractivity contribution in [2.75, 3.05) is 33.4 Å². The highest BCUT2D eigenvalue weighted by Crippen LogP contribution is 2.47. The van der Waals surface area contributed by atoms with Gasteiger partial charge in [0, 0.05) is 43.6 Å². The van der Waals surface area contributed by atoms with Gasteiger partial charge in [-0.05, 0) is 43.4 Å². The van der Waals surface area contributed by atoms with Gasteiger partial charge in [0.15, 0.2) is 5.96 Å². The van der Waals surface area contributed by atoms with E-state index in [0.717, 1.165) is 43.5 Å². The molecule has 1 atom stereocenters. The van der Waals surface area contributed by atoms with Crippen molar-refractivity contribution >= 4 is 29.9 Å². The van der Waals surface area contributed by atoms with Crippen molar-refractivity contribution in [2.24, 2.45) is 10.9 Å². The molecule has 2 fully saturated rings. The van der Waals surface area contributed by atoms with E-state index in [1.807, 2.05) is 7.05 Å². The molecule has 4 rings (SSSR count). The number of hydrogen-bond donors (Lipinski definition) is 2. The van der Waals surface area contributed by atoms with Crippen LogP contribution in [0.3, 0.4) is 0 Å². The predicted octanol–water partition coefficient (Wildman–Crippen LogP) is 4.43. The van der Waals surface area contributed by atoms with E-state index in [-0.39, 0.29) is 29.4 Å². The van der Waals surface area contributed by atoms with Gasteiger partial charge in [-0.25, -0.2) is 0 Å². The zero-order valence-corrected chi connectivity index (χ0v) is 20.9. The summed E-state index contributed by atoms with van der Waals surface area (Å²) in [6.07, 6.45) is 3.53. The number of hydrogen-bond acceptors (Lipinski definition) is 3. The van der Waals surface area contributed by atoms with E-state index in [1.165, 1.54) is 24.0 Å². The molecular weight excluding hydrogens is 501 g/mol. The lowest BCUT2D eigenvalue weighted by atomic mass is 9.96. The van der Waals surface area contributed by atoms with Crippen LogP contribution in [0.1, 0.15) is 36.0 Å². The molecular formula is C25H34IN3O2. The smallest absolute Gasteiger partial charge is 0.191 e. The van der Waals surface area contributed by atoms with Crippen LogP contribution in [-0.4, -0.2) is 39.4 Å². The summed E-state index contributed by atoms with van der Waals surface area (Å²) in [5.74, 6) is 2.27. The summed E-state index contributed by atoms with van der Waals surface area (Å²) >= 11 is 0. The van der Waals surface area contributed by atoms with Gasteiger partial charge in [0.25, 0.3) is 0 Å². The molecule has 1 saturated carbocycles. The number of benzene rings is 2. The molecule has 168 valence electrons. The normalized spacial score (nSPS) is 19.4. The van der Waals surface area contributed by atoms with E-state index in [1.54, 1.807) is 0 Å². The number of nitrogens with one attached hydrogen (secondary N) is 2. The van der Waals surface area contributed by atoms with Gasteiger partial charge in [-0.2, -0.15) is 0 Å². The fraction of sp³-hybridized carbons (Fsp3) is 0.480. The van der Waals surface area contributed by atoms with Gasteiger partial charge in [0.05, 0.1) is 13.2 Å². The minimum Gasteiger partial charge on any atom is -0.493 e. The lowest BCUT2D eigenvalue weighted by Crippen LogP contribution is -2.41. The van der Waals surface area contributed by atoms with Crippen molar-refractivity contribution in [1.29, 1.82) is 0 Å². The minimum atomic E-state index is 0. The molecule has 1 saturated heterocycles. The predicted molar refractivity (Wildman–Crippen MR) is 137 cm³/mol. The quantitative estimate of drug-likeness (QED) is 0.299. The number of nitrogens with zero attached hydrogens (tertiary/aromatic N) is 1. The zero-order chi connectivity index (χ0) is 20.8. The lowest BCUT2D eigenvalue weighted by Gasteiger charge is -2.20. The topological polar surface area (TPSA) is 54.9 Å². The molecule has 6 heteroatoms. The lowest BCUT2D eigenvalue weighted by molar-refractivity contribution is 0.166. The van der Waals surface area contributed by atoms with Crippen LogP contribution in [0.2, 0.25) is 0 Å². The Morgan fingerprint density at radius 3 is 2.65 bits per heavy atom. The van der Waals surface area contributed by atoms with Crippen molar-refractivity contribution in [3.63, 3.8) is 0 Å². The number of guanidine groups is 1. The molecule has 0 amide bonds. The molecule has 2 aromatic carbocycles. The Balaban J connectivity index is 0.00000272. The highest BCUT2D eigenvalue weighted by atomic mass is 127. The van der Waals surface area contributed by atoms with Crippen LogP contribution in [0.25, 0.3) is 0 Å². The van der Waals surface area contributed by atoms with Crippen LogP contribution in [0.15, 0.2) is 53.5 Å². The molecule has 0 aromatic heterocycles. The van der Waals surface area contributed by atoms with E-state index in [0.29, 0.717) is 19.1 Å². The van der Waals surface area contributed by atoms with E-state index in [9.17, 15) is 0 Å². The van der Waals surface area contributed by atoms with Crippen LogP contribution in [-0.2, 0) is 16.7 Å². The summed E-state index contributed by atoms with van der Waals surface area (Å²) in [6, 6.07) is 17.2. The monoisotopic (exact) mass is 535 g/mol. The minimum absolute atomic E-state index is 0. The van der Waals surface area contributed by atoms with Crippen LogP contribution in [0.5, 0.6) is 5.75 Å². The largest absolute Gasteiger partial charge is 0.493 e. The molecule has 1 unspecified atom stereocenters. The molecule has 2 aliphatic rings. The van der Waals surface area contributed by atoms with Crippen molar-refractivity contribution in [3.05, 3.63) is 65.2 Å². The first-order valence-electron chi connectivity index (χ1n) is 11.0. The maximum absolute atomic E-state index is 6.17. The highest BCUT2D eigenvalue weighted by molar-refractivity contribution is 14.0. The molecule has 2 N–H and O–H groups in total. The van der Waals surface area contributed by atoms with Gasteiger partial charge in [-0.3, -0.25) is 4.99 Å². The standard InChI is InChI=1S/C25H33N3O2.HI/c1-19-8-9-21(23(14-19)30-17-20-10-13-29-16-20)15-27-24(26-2)28-18-25(11-12-25)22-6-4-3-5-7-22;/h3-9,14,20H,10-13,15-18H2,1-2H3,(H2,26,27,28);1H. The van der Waals surface area contributed by atoms with E-state index in [2.05, 4.69) is 71.1 Å². The highest BCUT2D eigenvalue weighted by Gasteiger charge is 2.44. The first kappa shape index (κ1) is 23.9. The summed E-state index contributed by atoms with van der Waals surface area (Å²) in [5, 5.41) is 6.99.